The van der Waals surface area contributed by atoms with E-state index in [-0.39, 0.29) is 16.4 Å². The van der Waals surface area contributed by atoms with Crippen LogP contribution in [0.2, 0.25) is 5.15 Å². The second kappa shape index (κ2) is 4.70. The maximum absolute atomic E-state index is 12.6. The van der Waals surface area contributed by atoms with Crippen LogP contribution in [0.25, 0.3) is 5.69 Å². The molecule has 0 unspecified atom stereocenters. The molecule has 0 saturated heterocycles. The molecule has 2 aromatic rings. The zero-order valence-electron chi connectivity index (χ0n) is 9.70. The predicted octanol–water partition coefficient (Wildman–Crippen LogP) is 3.67. The minimum absolute atomic E-state index is 0.00757. The van der Waals surface area contributed by atoms with E-state index in [1.54, 1.807) is 6.92 Å². The lowest BCUT2D eigenvalue weighted by Crippen LogP contribution is -2.06. The molecule has 3 nitrogen and oxygen atoms in total. The molecule has 100 valence electrons. The van der Waals surface area contributed by atoms with Gasteiger partial charge in [-0.3, -0.25) is 4.79 Å². The third kappa shape index (κ3) is 2.49. The summed E-state index contributed by atoms with van der Waals surface area (Å²) < 4.78 is 39.0. The number of aldehydes is 1. The van der Waals surface area contributed by atoms with Crippen molar-refractivity contribution in [2.75, 3.05) is 0 Å². The zero-order chi connectivity index (χ0) is 14.2. The SMILES string of the molecule is Cc1nn(-c2cccc(C(F)(F)F)c2)c(Cl)c1C=O. The van der Waals surface area contributed by atoms with Gasteiger partial charge in [0, 0.05) is 0 Å². The van der Waals surface area contributed by atoms with Crippen molar-refractivity contribution in [2.24, 2.45) is 0 Å². The van der Waals surface area contributed by atoms with E-state index in [0.717, 1.165) is 16.8 Å². The fourth-order valence-electron chi connectivity index (χ4n) is 1.63. The second-order valence-corrected chi connectivity index (χ2v) is 4.23. The molecule has 0 N–H and O–H groups in total. The van der Waals surface area contributed by atoms with Crippen molar-refractivity contribution in [3.8, 4) is 5.69 Å². The number of nitrogens with zero attached hydrogens (tertiary/aromatic N) is 2. The number of carbonyl (C=O) groups excluding carboxylic acids is 1. The Kier molecular flexibility index (Phi) is 3.36. The molecule has 19 heavy (non-hydrogen) atoms. The number of rotatable bonds is 2. The Morgan fingerprint density at radius 2 is 2.05 bits per heavy atom. The average Bonchev–Trinajstić information content (AvgIpc) is 2.63. The van der Waals surface area contributed by atoms with Crippen LogP contribution in [0.15, 0.2) is 24.3 Å². The molecule has 1 aromatic carbocycles. The van der Waals surface area contributed by atoms with E-state index >= 15 is 0 Å². The van der Waals surface area contributed by atoms with Crippen LogP contribution in [-0.4, -0.2) is 16.1 Å². The van der Waals surface area contributed by atoms with Crippen LogP contribution in [0.3, 0.4) is 0 Å². The number of aromatic nitrogens is 2. The van der Waals surface area contributed by atoms with Gasteiger partial charge in [0.25, 0.3) is 0 Å². The van der Waals surface area contributed by atoms with Gasteiger partial charge in [-0.2, -0.15) is 18.3 Å². The van der Waals surface area contributed by atoms with Crippen LogP contribution < -0.4 is 0 Å². The molecule has 0 saturated carbocycles. The van der Waals surface area contributed by atoms with Crippen molar-refractivity contribution in [3.05, 3.63) is 46.2 Å². The largest absolute Gasteiger partial charge is 0.416 e. The summed E-state index contributed by atoms with van der Waals surface area (Å²) in [6, 6.07) is 4.57. The van der Waals surface area contributed by atoms with E-state index in [1.807, 2.05) is 0 Å². The van der Waals surface area contributed by atoms with E-state index in [1.165, 1.54) is 12.1 Å². The molecule has 1 heterocycles. The molecular weight excluding hydrogens is 281 g/mol. The van der Waals surface area contributed by atoms with Gasteiger partial charge in [0.2, 0.25) is 0 Å². The number of aryl methyl sites for hydroxylation is 1. The molecule has 1 aromatic heterocycles. The van der Waals surface area contributed by atoms with Gasteiger partial charge in [-0.1, -0.05) is 17.7 Å². The van der Waals surface area contributed by atoms with Gasteiger partial charge in [-0.25, -0.2) is 4.68 Å². The molecule has 0 spiro atoms. The second-order valence-electron chi connectivity index (χ2n) is 3.87. The number of benzene rings is 1. The summed E-state index contributed by atoms with van der Waals surface area (Å²) >= 11 is 5.92. The lowest BCUT2D eigenvalue weighted by atomic mass is 10.2. The zero-order valence-corrected chi connectivity index (χ0v) is 10.5. The maximum atomic E-state index is 12.6. The Morgan fingerprint density at radius 3 is 2.58 bits per heavy atom. The molecule has 2 rings (SSSR count). The van der Waals surface area contributed by atoms with Crippen molar-refractivity contribution < 1.29 is 18.0 Å². The van der Waals surface area contributed by atoms with Crippen LogP contribution in [0, 0.1) is 6.92 Å². The number of halogens is 4. The van der Waals surface area contributed by atoms with E-state index in [4.69, 9.17) is 11.6 Å². The fraction of sp³-hybridized carbons (Fsp3) is 0.167. The highest BCUT2D eigenvalue weighted by atomic mass is 35.5. The van der Waals surface area contributed by atoms with Crippen molar-refractivity contribution >= 4 is 17.9 Å². The van der Waals surface area contributed by atoms with Crippen molar-refractivity contribution in [1.82, 2.24) is 9.78 Å². The summed E-state index contributed by atoms with van der Waals surface area (Å²) in [5.74, 6) is 0. The molecule has 0 amide bonds. The Balaban J connectivity index is 2.57. The summed E-state index contributed by atoms with van der Waals surface area (Å²) in [6.07, 6.45) is -3.92. The van der Waals surface area contributed by atoms with Gasteiger partial charge in [-0.15, -0.1) is 0 Å². The lowest BCUT2D eigenvalue weighted by molar-refractivity contribution is -0.137. The van der Waals surface area contributed by atoms with Gasteiger partial charge in [-0.05, 0) is 25.1 Å². The number of hydrogen-bond acceptors (Lipinski definition) is 2. The summed E-state index contributed by atoms with van der Waals surface area (Å²) in [6.45, 7) is 1.56. The summed E-state index contributed by atoms with van der Waals surface area (Å²) in [5.41, 5.74) is -0.130. The number of hydrogen-bond donors (Lipinski definition) is 0. The molecule has 0 atom stereocenters. The van der Waals surface area contributed by atoms with Crippen molar-refractivity contribution in [2.45, 2.75) is 13.1 Å². The molecule has 7 heteroatoms. The quantitative estimate of drug-likeness (QED) is 0.790. The van der Waals surface area contributed by atoms with Crippen molar-refractivity contribution in [1.29, 1.82) is 0 Å². The Bertz CT molecular complexity index is 634. The summed E-state index contributed by atoms with van der Waals surface area (Å²) in [5, 5.41) is 3.95. The smallest absolute Gasteiger partial charge is 0.298 e. The van der Waals surface area contributed by atoms with Crippen molar-refractivity contribution in [3.63, 3.8) is 0 Å². The molecule has 0 radical (unpaired) electrons. The van der Waals surface area contributed by atoms with Crippen LogP contribution >= 0.6 is 11.6 Å². The maximum Gasteiger partial charge on any atom is 0.416 e. The third-order valence-electron chi connectivity index (χ3n) is 2.58. The van der Waals surface area contributed by atoms with Crippen LogP contribution in [-0.2, 0) is 6.18 Å². The first-order valence-electron chi connectivity index (χ1n) is 5.22. The van der Waals surface area contributed by atoms with Gasteiger partial charge in [0.1, 0.15) is 5.15 Å². The summed E-state index contributed by atoms with van der Waals surface area (Å²) in [4.78, 5) is 10.8. The molecule has 0 fully saturated rings. The molecule has 0 aliphatic carbocycles. The fourth-order valence-corrected chi connectivity index (χ4v) is 1.95. The van der Waals surface area contributed by atoms with E-state index in [9.17, 15) is 18.0 Å². The van der Waals surface area contributed by atoms with Gasteiger partial charge < -0.3 is 0 Å². The number of carbonyl (C=O) groups is 1. The standard InChI is InChI=1S/C12H8ClF3N2O/c1-7-10(6-19)11(13)18(17-7)9-4-2-3-8(5-9)12(14,15)16/h2-6H,1H3. The average molecular weight is 289 g/mol. The first-order valence-corrected chi connectivity index (χ1v) is 5.60. The molecule has 0 aliphatic heterocycles. The van der Waals surface area contributed by atoms with E-state index in [2.05, 4.69) is 5.10 Å². The first-order chi connectivity index (χ1) is 8.84. The minimum atomic E-state index is -4.45. The van der Waals surface area contributed by atoms with Crippen LogP contribution in [0.5, 0.6) is 0 Å². The monoisotopic (exact) mass is 288 g/mol. The Morgan fingerprint density at radius 1 is 1.37 bits per heavy atom. The minimum Gasteiger partial charge on any atom is -0.298 e. The highest BCUT2D eigenvalue weighted by Crippen LogP contribution is 2.31. The third-order valence-corrected chi connectivity index (χ3v) is 2.95. The van der Waals surface area contributed by atoms with Gasteiger partial charge in [0.05, 0.1) is 22.5 Å². The highest BCUT2D eigenvalue weighted by Gasteiger charge is 2.30. The van der Waals surface area contributed by atoms with Crippen LogP contribution in [0.1, 0.15) is 21.6 Å². The summed E-state index contributed by atoms with van der Waals surface area (Å²) in [7, 11) is 0. The van der Waals surface area contributed by atoms with Gasteiger partial charge in [0.15, 0.2) is 6.29 Å². The Labute approximate surface area is 111 Å². The topological polar surface area (TPSA) is 34.9 Å². The molecule has 0 bridgehead atoms. The molecular formula is C12H8ClF3N2O. The predicted molar refractivity (Wildman–Crippen MR) is 63.7 cm³/mol. The normalized spacial score (nSPS) is 11.6. The van der Waals surface area contributed by atoms with E-state index < -0.39 is 11.7 Å². The first kappa shape index (κ1) is 13.6. The highest BCUT2D eigenvalue weighted by molar-refractivity contribution is 6.32. The van der Waals surface area contributed by atoms with Gasteiger partial charge >= 0.3 is 6.18 Å². The van der Waals surface area contributed by atoms with E-state index in [0.29, 0.717) is 12.0 Å². The molecule has 0 aliphatic rings. The Hall–Kier alpha value is -1.82. The lowest BCUT2D eigenvalue weighted by Gasteiger charge is -2.09. The number of alkyl halides is 3. The van der Waals surface area contributed by atoms with Crippen LogP contribution in [0.4, 0.5) is 13.2 Å².